The molecular weight excluding hydrogens is 576 g/mol. The molecule has 1 heterocycles. The Bertz CT molecular complexity index is 1670. The van der Waals surface area contributed by atoms with Crippen molar-refractivity contribution in [1.29, 1.82) is 0 Å². The van der Waals surface area contributed by atoms with Gasteiger partial charge in [-0.15, -0.1) is 12.4 Å². The molecule has 1 aromatic heterocycles. The van der Waals surface area contributed by atoms with Gasteiger partial charge >= 0.3 is 5.97 Å². The maximum absolute atomic E-state index is 14.3. The number of rotatable bonds is 9. The number of carbonyl (C=O) groups is 1. The van der Waals surface area contributed by atoms with Crippen molar-refractivity contribution in [1.82, 2.24) is 4.57 Å². The Morgan fingerprint density at radius 2 is 1.37 bits per heavy atom. The standard InChI is InChI=1S/C32H34N2O8.ClH/c1-37-24-16-22-23(17-25(24)42-21-8-6-7-9-21)31(35)34(20-12-10-19(33)11-13-20)29(32(36)41-5)28(22)18-14-26(38-2)30(40-4)27(15-18)39-3;/h10-17,21H,6-9,33H2,1-5H3;1H. The lowest BCUT2D eigenvalue weighted by Gasteiger charge is -2.22. The van der Waals surface area contributed by atoms with Gasteiger partial charge in [0.2, 0.25) is 5.75 Å². The summed E-state index contributed by atoms with van der Waals surface area (Å²) in [4.78, 5) is 27.9. The molecule has 1 aliphatic carbocycles. The molecule has 0 bridgehead atoms. The third-order valence-electron chi connectivity index (χ3n) is 7.55. The predicted octanol–water partition coefficient (Wildman–Crippen LogP) is 5.80. The number of carbonyl (C=O) groups excluding carboxylic acids is 1. The summed E-state index contributed by atoms with van der Waals surface area (Å²) in [5.41, 5.74) is 7.37. The van der Waals surface area contributed by atoms with Gasteiger partial charge in [0.1, 0.15) is 5.69 Å². The number of halogens is 1. The average molecular weight is 611 g/mol. The second-order valence-electron chi connectivity index (χ2n) is 9.93. The summed E-state index contributed by atoms with van der Waals surface area (Å²) in [6, 6.07) is 13.5. The van der Waals surface area contributed by atoms with E-state index in [2.05, 4.69) is 0 Å². The highest BCUT2D eigenvalue weighted by atomic mass is 35.5. The Hall–Kier alpha value is -4.57. The molecular formula is C32H35ClN2O8. The first kappa shape index (κ1) is 31.4. The molecule has 1 fully saturated rings. The van der Waals surface area contributed by atoms with Gasteiger partial charge in [-0.1, -0.05) is 0 Å². The predicted molar refractivity (Wildman–Crippen MR) is 167 cm³/mol. The van der Waals surface area contributed by atoms with Gasteiger partial charge in [0, 0.05) is 22.3 Å². The Morgan fingerprint density at radius 1 is 0.791 bits per heavy atom. The lowest BCUT2D eigenvalue weighted by atomic mass is 9.95. The molecule has 0 unspecified atom stereocenters. The van der Waals surface area contributed by atoms with Crippen LogP contribution >= 0.6 is 12.4 Å². The molecule has 228 valence electrons. The number of methoxy groups -OCH3 is 5. The van der Waals surface area contributed by atoms with Crippen molar-refractivity contribution >= 4 is 34.8 Å². The molecule has 11 heteroatoms. The van der Waals surface area contributed by atoms with Crippen LogP contribution in [0.25, 0.3) is 27.6 Å². The van der Waals surface area contributed by atoms with Crippen LogP contribution in [0, 0.1) is 0 Å². The van der Waals surface area contributed by atoms with Crippen molar-refractivity contribution in [2.24, 2.45) is 0 Å². The molecule has 5 rings (SSSR count). The van der Waals surface area contributed by atoms with E-state index in [9.17, 15) is 9.59 Å². The summed E-state index contributed by atoms with van der Waals surface area (Å²) in [5.74, 6) is 1.29. The molecule has 3 aromatic carbocycles. The second kappa shape index (κ2) is 13.2. The Morgan fingerprint density at radius 3 is 1.91 bits per heavy atom. The molecule has 4 aromatic rings. The molecule has 0 saturated heterocycles. The molecule has 0 radical (unpaired) electrons. The summed E-state index contributed by atoms with van der Waals surface area (Å²) >= 11 is 0. The van der Waals surface area contributed by atoms with E-state index in [1.165, 1.54) is 33.0 Å². The summed E-state index contributed by atoms with van der Waals surface area (Å²) in [6.45, 7) is 0. The number of pyridine rings is 1. The van der Waals surface area contributed by atoms with E-state index in [0.29, 0.717) is 62.0 Å². The number of nitrogens with zero attached hydrogens (tertiary/aromatic N) is 1. The lowest BCUT2D eigenvalue weighted by Crippen LogP contribution is -2.27. The number of fused-ring (bicyclic) bond motifs is 1. The number of hydrogen-bond donors (Lipinski definition) is 1. The zero-order valence-electron chi connectivity index (χ0n) is 24.7. The van der Waals surface area contributed by atoms with Crippen molar-refractivity contribution in [3.05, 3.63) is 64.6 Å². The van der Waals surface area contributed by atoms with E-state index in [0.717, 1.165) is 25.7 Å². The van der Waals surface area contributed by atoms with Crippen LogP contribution in [0.5, 0.6) is 28.7 Å². The number of nitrogen functional groups attached to an aromatic ring is 1. The molecule has 0 spiro atoms. The van der Waals surface area contributed by atoms with Crippen LogP contribution in [0.2, 0.25) is 0 Å². The van der Waals surface area contributed by atoms with E-state index < -0.39 is 11.5 Å². The van der Waals surface area contributed by atoms with E-state index >= 15 is 0 Å². The normalized spacial score (nSPS) is 12.9. The molecule has 2 N–H and O–H groups in total. The first-order valence-electron chi connectivity index (χ1n) is 13.6. The summed E-state index contributed by atoms with van der Waals surface area (Å²) in [7, 11) is 7.32. The van der Waals surface area contributed by atoms with Gasteiger partial charge < -0.3 is 34.2 Å². The van der Waals surface area contributed by atoms with Crippen LogP contribution in [0.3, 0.4) is 0 Å². The zero-order valence-corrected chi connectivity index (χ0v) is 25.5. The van der Waals surface area contributed by atoms with Crippen LogP contribution in [0.4, 0.5) is 5.69 Å². The van der Waals surface area contributed by atoms with Crippen LogP contribution in [-0.2, 0) is 4.74 Å². The number of aromatic nitrogens is 1. The number of ether oxygens (including phenoxy) is 6. The van der Waals surface area contributed by atoms with Gasteiger partial charge in [0.25, 0.3) is 5.56 Å². The number of anilines is 1. The fourth-order valence-corrected chi connectivity index (χ4v) is 5.52. The van der Waals surface area contributed by atoms with Gasteiger partial charge in [-0.05, 0) is 79.8 Å². The maximum atomic E-state index is 14.3. The quantitative estimate of drug-likeness (QED) is 0.185. The highest BCUT2D eigenvalue weighted by molar-refractivity contribution is 6.08. The van der Waals surface area contributed by atoms with Gasteiger partial charge in [0.05, 0.1) is 47.0 Å². The smallest absolute Gasteiger partial charge is 0.355 e. The fraction of sp³-hybridized carbons (Fsp3) is 0.312. The summed E-state index contributed by atoms with van der Waals surface area (Å²) in [6.07, 6.45) is 4.04. The minimum absolute atomic E-state index is 0. The molecule has 43 heavy (non-hydrogen) atoms. The third-order valence-corrected chi connectivity index (χ3v) is 7.55. The van der Waals surface area contributed by atoms with Crippen LogP contribution < -0.4 is 35.0 Å². The number of esters is 1. The zero-order chi connectivity index (χ0) is 30.0. The van der Waals surface area contributed by atoms with Crippen LogP contribution in [0.1, 0.15) is 36.2 Å². The van der Waals surface area contributed by atoms with Crippen LogP contribution in [-0.4, -0.2) is 52.2 Å². The molecule has 1 saturated carbocycles. The summed E-state index contributed by atoms with van der Waals surface area (Å²) < 4.78 is 35.4. The van der Waals surface area contributed by atoms with Crippen molar-refractivity contribution in [2.45, 2.75) is 31.8 Å². The first-order valence-corrected chi connectivity index (χ1v) is 13.6. The Kier molecular flexibility index (Phi) is 9.60. The third kappa shape index (κ3) is 5.75. The molecule has 0 aliphatic heterocycles. The number of benzene rings is 3. The lowest BCUT2D eigenvalue weighted by molar-refractivity contribution is 0.0591. The highest BCUT2D eigenvalue weighted by Crippen LogP contribution is 2.45. The molecule has 0 amide bonds. The van der Waals surface area contributed by atoms with Gasteiger partial charge in [-0.25, -0.2) is 4.79 Å². The van der Waals surface area contributed by atoms with Gasteiger partial charge in [0.15, 0.2) is 23.0 Å². The summed E-state index contributed by atoms with van der Waals surface area (Å²) in [5, 5.41) is 0.772. The average Bonchev–Trinajstić information content (AvgIpc) is 3.53. The minimum atomic E-state index is -0.722. The monoisotopic (exact) mass is 610 g/mol. The van der Waals surface area contributed by atoms with E-state index in [-0.39, 0.29) is 24.2 Å². The van der Waals surface area contributed by atoms with Crippen molar-refractivity contribution in [3.8, 4) is 45.6 Å². The molecule has 0 atom stereocenters. The van der Waals surface area contributed by atoms with E-state index in [1.54, 1.807) is 55.6 Å². The minimum Gasteiger partial charge on any atom is -0.493 e. The van der Waals surface area contributed by atoms with Gasteiger partial charge in [-0.3, -0.25) is 9.36 Å². The SMILES string of the molecule is COC(=O)c1c(-c2cc(OC)c(OC)c(OC)c2)c2cc(OC)c(OC3CCCC3)cc2c(=O)n1-c1ccc(N)cc1.Cl. The second-order valence-corrected chi connectivity index (χ2v) is 9.93. The molecule has 1 aliphatic rings. The van der Waals surface area contributed by atoms with E-state index in [4.69, 9.17) is 34.2 Å². The molecule has 10 nitrogen and oxygen atoms in total. The van der Waals surface area contributed by atoms with Crippen molar-refractivity contribution < 1.29 is 33.2 Å². The van der Waals surface area contributed by atoms with E-state index in [1.807, 2.05) is 0 Å². The van der Waals surface area contributed by atoms with Crippen LogP contribution in [0.15, 0.2) is 53.3 Å². The largest absolute Gasteiger partial charge is 0.493 e. The van der Waals surface area contributed by atoms with Crippen molar-refractivity contribution in [2.75, 3.05) is 41.3 Å². The highest BCUT2D eigenvalue weighted by Gasteiger charge is 2.29. The maximum Gasteiger partial charge on any atom is 0.355 e. The van der Waals surface area contributed by atoms with Gasteiger partial charge in [-0.2, -0.15) is 0 Å². The topological polar surface area (TPSA) is 120 Å². The number of hydrogen-bond acceptors (Lipinski definition) is 9. The number of nitrogens with two attached hydrogens (primary N) is 1. The Labute approximate surface area is 255 Å². The van der Waals surface area contributed by atoms with Crippen molar-refractivity contribution in [3.63, 3.8) is 0 Å². The Balaban J connectivity index is 0.00000423. The fourth-order valence-electron chi connectivity index (χ4n) is 5.52. The first-order chi connectivity index (χ1) is 20.3.